The van der Waals surface area contributed by atoms with Crippen molar-refractivity contribution in [2.45, 2.75) is 85.9 Å². The maximum Gasteiger partial charge on any atom is 0.272 e. The zero-order valence-electron chi connectivity index (χ0n) is 21.0. The highest BCUT2D eigenvalue weighted by atomic mass is 35.5. The zero-order chi connectivity index (χ0) is 24.2. The first-order valence-electron chi connectivity index (χ1n) is 12.3. The lowest BCUT2D eigenvalue weighted by Crippen LogP contribution is -2.42. The highest BCUT2D eigenvalue weighted by Gasteiger charge is 2.16. The van der Waals surface area contributed by atoms with Crippen LogP contribution >= 0.6 is 11.6 Å². The molecule has 0 saturated heterocycles. The van der Waals surface area contributed by atoms with E-state index in [0.717, 1.165) is 41.5 Å². The third-order valence-corrected chi connectivity index (χ3v) is 6.31. The van der Waals surface area contributed by atoms with Crippen molar-refractivity contribution in [1.82, 2.24) is 20.0 Å². The van der Waals surface area contributed by atoms with Crippen LogP contribution in [0.5, 0.6) is 5.75 Å². The van der Waals surface area contributed by atoms with E-state index in [1.54, 1.807) is 16.9 Å². The largest absolute Gasteiger partial charge is 0.471 e. The summed E-state index contributed by atoms with van der Waals surface area (Å²) in [5.74, 6) is 0.581. The maximum atomic E-state index is 12.7. The van der Waals surface area contributed by atoms with Gasteiger partial charge in [-0.25, -0.2) is 4.68 Å². The van der Waals surface area contributed by atoms with Crippen LogP contribution in [0.2, 0.25) is 5.02 Å². The number of halogens is 1. The van der Waals surface area contributed by atoms with Crippen molar-refractivity contribution in [2.75, 3.05) is 19.6 Å². The molecule has 1 atom stereocenters. The molecule has 1 heterocycles. The standard InChI is InChI=1S/C26H41ClN4O2/c1-6-8-10-13-30(14-11-9-7-2)18-22(5)28-26(32)24-12-15-31(29-24)19-33-23-16-20(3)25(27)21(4)17-23/h12,15-17,22H,6-11,13-14,18-19H2,1-5H3,(H,28,32). The average molecular weight is 477 g/mol. The summed E-state index contributed by atoms with van der Waals surface area (Å²) >= 11 is 6.22. The number of carbonyl (C=O) groups is 1. The minimum absolute atomic E-state index is 0.0576. The number of hydrogen-bond donors (Lipinski definition) is 1. The van der Waals surface area contributed by atoms with E-state index in [-0.39, 0.29) is 18.7 Å². The van der Waals surface area contributed by atoms with Crippen molar-refractivity contribution in [3.8, 4) is 5.75 Å². The van der Waals surface area contributed by atoms with Crippen LogP contribution in [-0.2, 0) is 6.73 Å². The molecule has 184 valence electrons. The molecule has 6 nitrogen and oxygen atoms in total. The number of carbonyl (C=O) groups excluding carboxylic acids is 1. The van der Waals surface area contributed by atoms with Crippen LogP contribution in [0.3, 0.4) is 0 Å². The number of amides is 1. The number of aryl methyl sites for hydroxylation is 2. The third-order valence-electron chi connectivity index (χ3n) is 5.71. The molecule has 0 saturated carbocycles. The van der Waals surface area contributed by atoms with Crippen molar-refractivity contribution < 1.29 is 9.53 Å². The molecular formula is C26H41ClN4O2. The summed E-state index contributed by atoms with van der Waals surface area (Å²) in [6.45, 7) is 13.7. The molecule has 33 heavy (non-hydrogen) atoms. The van der Waals surface area contributed by atoms with Gasteiger partial charge in [0.1, 0.15) is 11.4 Å². The molecule has 0 aliphatic carbocycles. The minimum atomic E-state index is -0.151. The van der Waals surface area contributed by atoms with E-state index >= 15 is 0 Å². The van der Waals surface area contributed by atoms with Crippen molar-refractivity contribution >= 4 is 17.5 Å². The van der Waals surface area contributed by atoms with Crippen molar-refractivity contribution in [3.05, 3.63) is 46.2 Å². The van der Waals surface area contributed by atoms with Gasteiger partial charge < -0.3 is 15.0 Å². The van der Waals surface area contributed by atoms with E-state index in [9.17, 15) is 4.79 Å². The van der Waals surface area contributed by atoms with E-state index in [4.69, 9.17) is 16.3 Å². The Kier molecular flexibility index (Phi) is 11.8. The second kappa shape index (κ2) is 14.3. The number of nitrogens with one attached hydrogen (secondary N) is 1. The fourth-order valence-corrected chi connectivity index (χ4v) is 3.99. The van der Waals surface area contributed by atoms with E-state index in [1.807, 2.05) is 26.0 Å². The Morgan fingerprint density at radius 2 is 1.73 bits per heavy atom. The monoisotopic (exact) mass is 476 g/mol. The van der Waals surface area contributed by atoms with Crippen LogP contribution in [0.4, 0.5) is 0 Å². The molecule has 1 N–H and O–H groups in total. The van der Waals surface area contributed by atoms with Gasteiger partial charge in [0.15, 0.2) is 6.73 Å². The predicted octanol–water partition coefficient (Wildman–Crippen LogP) is 5.99. The van der Waals surface area contributed by atoms with Gasteiger partial charge in [-0.1, -0.05) is 51.1 Å². The molecule has 0 fully saturated rings. The fraction of sp³-hybridized carbons (Fsp3) is 0.615. The molecule has 0 aliphatic heterocycles. The topological polar surface area (TPSA) is 59.4 Å². The van der Waals surface area contributed by atoms with Gasteiger partial charge in [0.25, 0.3) is 5.91 Å². The highest BCUT2D eigenvalue weighted by molar-refractivity contribution is 6.32. The number of hydrogen-bond acceptors (Lipinski definition) is 4. The van der Waals surface area contributed by atoms with Gasteiger partial charge in [0, 0.05) is 23.8 Å². The summed E-state index contributed by atoms with van der Waals surface area (Å²) in [6, 6.07) is 5.59. The maximum absolute atomic E-state index is 12.7. The van der Waals surface area contributed by atoms with Gasteiger partial charge >= 0.3 is 0 Å². The van der Waals surface area contributed by atoms with E-state index in [2.05, 4.69) is 36.1 Å². The third kappa shape index (κ3) is 9.38. The summed E-state index contributed by atoms with van der Waals surface area (Å²) in [5, 5.41) is 8.24. The molecule has 2 aromatic rings. The van der Waals surface area contributed by atoms with Crippen LogP contribution in [0.15, 0.2) is 24.4 Å². The molecular weight excluding hydrogens is 436 g/mol. The summed E-state index contributed by atoms with van der Waals surface area (Å²) in [7, 11) is 0. The summed E-state index contributed by atoms with van der Waals surface area (Å²) in [5.41, 5.74) is 2.34. The number of benzene rings is 1. The first-order valence-corrected chi connectivity index (χ1v) is 12.7. The summed E-state index contributed by atoms with van der Waals surface area (Å²) < 4.78 is 7.46. The Morgan fingerprint density at radius 3 is 2.30 bits per heavy atom. The molecule has 2 rings (SSSR count). The quantitative estimate of drug-likeness (QED) is 0.321. The average Bonchev–Trinajstić information content (AvgIpc) is 3.25. The Labute approximate surface area is 204 Å². The predicted molar refractivity (Wildman–Crippen MR) is 136 cm³/mol. The van der Waals surface area contributed by atoms with Crippen molar-refractivity contribution in [3.63, 3.8) is 0 Å². The van der Waals surface area contributed by atoms with E-state index < -0.39 is 0 Å². The molecule has 0 radical (unpaired) electrons. The van der Waals surface area contributed by atoms with Crippen molar-refractivity contribution in [1.29, 1.82) is 0 Å². The molecule has 1 aromatic carbocycles. The van der Waals surface area contributed by atoms with Gasteiger partial charge in [0.05, 0.1) is 0 Å². The highest BCUT2D eigenvalue weighted by Crippen LogP contribution is 2.26. The van der Waals surface area contributed by atoms with Crippen LogP contribution in [0.1, 0.15) is 80.9 Å². The van der Waals surface area contributed by atoms with Gasteiger partial charge in [-0.05, 0) is 76.0 Å². The van der Waals surface area contributed by atoms with Gasteiger partial charge in [-0.3, -0.25) is 4.79 Å². The molecule has 0 aliphatic rings. The van der Waals surface area contributed by atoms with Gasteiger partial charge in [-0.15, -0.1) is 0 Å². The van der Waals surface area contributed by atoms with E-state index in [0.29, 0.717) is 5.69 Å². The van der Waals surface area contributed by atoms with Gasteiger partial charge in [-0.2, -0.15) is 5.10 Å². The Balaban J connectivity index is 1.86. The van der Waals surface area contributed by atoms with Crippen LogP contribution in [0.25, 0.3) is 0 Å². The minimum Gasteiger partial charge on any atom is -0.471 e. The lowest BCUT2D eigenvalue weighted by molar-refractivity contribution is 0.0921. The summed E-state index contributed by atoms with van der Waals surface area (Å²) in [6.07, 6.45) is 9.12. The normalized spacial score (nSPS) is 12.2. The van der Waals surface area contributed by atoms with Gasteiger partial charge in [0.2, 0.25) is 0 Å². The Hall–Kier alpha value is -2.05. The van der Waals surface area contributed by atoms with Crippen LogP contribution in [0, 0.1) is 13.8 Å². The lowest BCUT2D eigenvalue weighted by atomic mass is 10.1. The number of ether oxygens (including phenoxy) is 1. The molecule has 1 aromatic heterocycles. The fourth-order valence-electron chi connectivity index (χ4n) is 3.88. The number of aromatic nitrogens is 2. The first-order chi connectivity index (χ1) is 15.8. The first kappa shape index (κ1) is 27.2. The summed E-state index contributed by atoms with van der Waals surface area (Å²) in [4.78, 5) is 15.2. The Bertz CT molecular complexity index is 835. The van der Waals surface area contributed by atoms with Crippen molar-refractivity contribution in [2.24, 2.45) is 0 Å². The zero-order valence-corrected chi connectivity index (χ0v) is 21.7. The second-order valence-electron chi connectivity index (χ2n) is 8.97. The number of unbranched alkanes of at least 4 members (excludes halogenated alkanes) is 4. The molecule has 0 bridgehead atoms. The number of nitrogens with zero attached hydrogens (tertiary/aromatic N) is 3. The molecule has 1 unspecified atom stereocenters. The second-order valence-corrected chi connectivity index (χ2v) is 9.35. The number of rotatable bonds is 15. The molecule has 1 amide bonds. The Morgan fingerprint density at radius 1 is 1.12 bits per heavy atom. The SMILES string of the molecule is CCCCCN(CCCCC)CC(C)NC(=O)c1ccn(COc2cc(C)c(Cl)c(C)c2)n1. The smallest absolute Gasteiger partial charge is 0.272 e. The van der Waals surface area contributed by atoms with Crippen LogP contribution < -0.4 is 10.1 Å². The van der Waals surface area contributed by atoms with E-state index in [1.165, 1.54) is 38.5 Å². The lowest BCUT2D eigenvalue weighted by Gasteiger charge is -2.26. The molecule has 0 spiro atoms. The molecule has 7 heteroatoms. The van der Waals surface area contributed by atoms with Crippen LogP contribution in [-0.4, -0.2) is 46.3 Å².